The summed E-state index contributed by atoms with van der Waals surface area (Å²) in [6.07, 6.45) is 1.53. The molecule has 3 N–H and O–H groups in total. The van der Waals surface area contributed by atoms with Gasteiger partial charge in [-0.3, -0.25) is 0 Å². The Hall–Kier alpha value is -0.330. The second kappa shape index (κ2) is 5.84. The number of rotatable bonds is 3. The predicted octanol–water partition coefficient (Wildman–Crippen LogP) is 1.97. The van der Waals surface area contributed by atoms with Crippen LogP contribution in [0.15, 0.2) is 6.20 Å². The molecule has 1 saturated heterocycles. The van der Waals surface area contributed by atoms with E-state index in [1.807, 2.05) is 23.5 Å². The first-order valence-electron chi connectivity index (χ1n) is 4.97. The van der Waals surface area contributed by atoms with E-state index < -0.39 is 0 Å². The quantitative estimate of drug-likeness (QED) is 0.823. The summed E-state index contributed by atoms with van der Waals surface area (Å²) >= 11 is 9.70. The lowest BCUT2D eigenvalue weighted by Crippen LogP contribution is -2.24. The minimum Gasteiger partial charge on any atom is -0.394 e. The molecule has 0 saturated carbocycles. The van der Waals surface area contributed by atoms with Gasteiger partial charge >= 0.3 is 0 Å². The smallest absolute Gasteiger partial charge is 0.224 e. The van der Waals surface area contributed by atoms with Crippen LogP contribution in [0.2, 0.25) is 5.28 Å². The molecule has 0 aromatic carbocycles. The lowest BCUT2D eigenvalue weighted by molar-refractivity contribution is 0.989. The summed E-state index contributed by atoms with van der Waals surface area (Å²) in [5.74, 6) is 4.28. The van der Waals surface area contributed by atoms with E-state index in [0.29, 0.717) is 16.8 Å². The van der Waals surface area contributed by atoms with Crippen molar-refractivity contribution in [1.82, 2.24) is 9.97 Å². The molecule has 2 rings (SSSR count). The normalized spacial score (nSPS) is 20.7. The fourth-order valence-electron chi connectivity index (χ4n) is 1.38. The molecule has 1 aliphatic rings. The van der Waals surface area contributed by atoms with Gasteiger partial charge in [0.05, 0.1) is 11.9 Å². The summed E-state index contributed by atoms with van der Waals surface area (Å²) in [5.41, 5.74) is 6.29. The van der Waals surface area contributed by atoms with Gasteiger partial charge in [0.1, 0.15) is 0 Å². The van der Waals surface area contributed by atoms with Crippen LogP contribution in [0.4, 0.5) is 11.5 Å². The predicted molar refractivity (Wildman–Crippen MR) is 73.5 cm³/mol. The van der Waals surface area contributed by atoms with Crippen LogP contribution in [0.25, 0.3) is 0 Å². The summed E-state index contributed by atoms with van der Waals surface area (Å²) in [7, 11) is 0. The van der Waals surface area contributed by atoms with Crippen molar-refractivity contribution in [3.05, 3.63) is 11.5 Å². The Balaban J connectivity index is 1.90. The molecule has 1 aromatic rings. The van der Waals surface area contributed by atoms with Crippen molar-refractivity contribution in [3.63, 3.8) is 0 Å². The second-order valence-electron chi connectivity index (χ2n) is 3.39. The van der Waals surface area contributed by atoms with Crippen LogP contribution in [0, 0.1) is 0 Å². The average molecular weight is 277 g/mol. The molecule has 0 spiro atoms. The second-order valence-corrected chi connectivity index (χ2v) is 6.29. The number of nitrogens with two attached hydrogens (primary N) is 1. The molecule has 1 atom stereocenters. The maximum absolute atomic E-state index is 5.75. The van der Waals surface area contributed by atoms with E-state index in [2.05, 4.69) is 15.3 Å². The van der Waals surface area contributed by atoms with Gasteiger partial charge < -0.3 is 11.1 Å². The minimum absolute atomic E-state index is 0.224. The molecule has 0 aliphatic carbocycles. The summed E-state index contributed by atoms with van der Waals surface area (Å²) in [4.78, 5) is 7.87. The zero-order valence-corrected chi connectivity index (χ0v) is 11.0. The van der Waals surface area contributed by atoms with E-state index in [-0.39, 0.29) is 5.28 Å². The third kappa shape index (κ3) is 3.33. The van der Waals surface area contributed by atoms with Gasteiger partial charge in [0.2, 0.25) is 5.28 Å². The first-order chi connectivity index (χ1) is 7.75. The molecule has 16 heavy (non-hydrogen) atoms. The van der Waals surface area contributed by atoms with Crippen molar-refractivity contribution in [1.29, 1.82) is 0 Å². The van der Waals surface area contributed by atoms with Gasteiger partial charge in [-0.2, -0.15) is 28.5 Å². The number of aromatic nitrogens is 2. The summed E-state index contributed by atoms with van der Waals surface area (Å²) in [6.45, 7) is 0.870. The van der Waals surface area contributed by atoms with Crippen molar-refractivity contribution >= 4 is 46.6 Å². The fourth-order valence-corrected chi connectivity index (χ4v) is 4.12. The largest absolute Gasteiger partial charge is 0.394 e. The monoisotopic (exact) mass is 276 g/mol. The maximum atomic E-state index is 5.75. The highest BCUT2D eigenvalue weighted by Crippen LogP contribution is 2.25. The zero-order chi connectivity index (χ0) is 11.4. The molecule has 4 nitrogen and oxygen atoms in total. The first-order valence-corrected chi connectivity index (χ1v) is 7.55. The average Bonchev–Trinajstić information content (AvgIpc) is 2.32. The van der Waals surface area contributed by atoms with Gasteiger partial charge in [-0.15, -0.1) is 0 Å². The topological polar surface area (TPSA) is 63.8 Å². The van der Waals surface area contributed by atoms with Crippen LogP contribution in [-0.2, 0) is 0 Å². The Morgan fingerprint density at radius 3 is 3.19 bits per heavy atom. The molecular weight excluding hydrogens is 264 g/mol. The summed E-state index contributed by atoms with van der Waals surface area (Å²) in [6, 6.07) is 0. The van der Waals surface area contributed by atoms with E-state index in [9.17, 15) is 0 Å². The number of anilines is 2. The molecule has 0 bridgehead atoms. The first kappa shape index (κ1) is 12.1. The number of hydrogen-bond donors (Lipinski definition) is 2. The fraction of sp³-hybridized carbons (Fsp3) is 0.556. The Bertz CT molecular complexity index is 357. The van der Waals surface area contributed by atoms with Crippen molar-refractivity contribution in [2.24, 2.45) is 0 Å². The molecule has 0 radical (unpaired) electrons. The molecule has 1 unspecified atom stereocenters. The number of thioether (sulfide) groups is 2. The molecule has 88 valence electrons. The van der Waals surface area contributed by atoms with E-state index in [1.54, 1.807) is 0 Å². The van der Waals surface area contributed by atoms with Crippen molar-refractivity contribution < 1.29 is 0 Å². The number of nitrogens with zero attached hydrogens (tertiary/aromatic N) is 2. The van der Waals surface area contributed by atoms with E-state index in [1.165, 1.54) is 23.5 Å². The van der Waals surface area contributed by atoms with Gasteiger partial charge in [-0.1, -0.05) is 0 Å². The number of hydrogen-bond acceptors (Lipinski definition) is 6. The van der Waals surface area contributed by atoms with Crippen molar-refractivity contribution in [2.45, 2.75) is 5.25 Å². The lowest BCUT2D eigenvalue weighted by Gasteiger charge is -2.21. The van der Waals surface area contributed by atoms with Crippen molar-refractivity contribution in [3.8, 4) is 0 Å². The van der Waals surface area contributed by atoms with Gasteiger partial charge in [-0.25, -0.2) is 4.98 Å². The van der Waals surface area contributed by atoms with Gasteiger partial charge in [-0.05, 0) is 11.6 Å². The summed E-state index contributed by atoms with van der Waals surface area (Å²) < 4.78 is 0. The molecular formula is C9H13ClN4S2. The highest BCUT2D eigenvalue weighted by Gasteiger charge is 2.14. The lowest BCUT2D eigenvalue weighted by atomic mass is 10.4. The SMILES string of the molecule is Nc1cnc(Cl)nc1NCC1CSCCS1. The number of halogens is 1. The van der Waals surface area contributed by atoms with Gasteiger partial charge in [0.15, 0.2) is 5.82 Å². The highest BCUT2D eigenvalue weighted by atomic mass is 35.5. The Morgan fingerprint density at radius 2 is 2.44 bits per heavy atom. The molecule has 0 amide bonds. The molecule has 1 aromatic heterocycles. The van der Waals surface area contributed by atoms with Crippen LogP contribution in [0.3, 0.4) is 0 Å². The van der Waals surface area contributed by atoms with Crippen LogP contribution in [0.5, 0.6) is 0 Å². The van der Waals surface area contributed by atoms with Crippen LogP contribution >= 0.6 is 35.1 Å². The van der Waals surface area contributed by atoms with Crippen LogP contribution in [-0.4, -0.2) is 39.0 Å². The van der Waals surface area contributed by atoms with E-state index in [0.717, 1.165) is 6.54 Å². The Kier molecular flexibility index (Phi) is 4.43. The van der Waals surface area contributed by atoms with Crippen LogP contribution < -0.4 is 11.1 Å². The summed E-state index contributed by atoms with van der Waals surface area (Å²) in [5, 5.41) is 4.07. The molecule has 1 aliphatic heterocycles. The molecule has 2 heterocycles. The number of nitrogen functional groups attached to an aromatic ring is 1. The van der Waals surface area contributed by atoms with E-state index in [4.69, 9.17) is 17.3 Å². The third-order valence-corrected chi connectivity index (χ3v) is 5.20. The zero-order valence-electron chi connectivity index (χ0n) is 8.65. The van der Waals surface area contributed by atoms with Gasteiger partial charge in [0.25, 0.3) is 0 Å². The number of nitrogens with one attached hydrogen (secondary N) is 1. The minimum atomic E-state index is 0.224. The molecule has 7 heteroatoms. The standard InChI is InChI=1S/C9H13ClN4S2/c10-9-13-4-7(11)8(14-9)12-3-6-5-15-1-2-16-6/h4,6H,1-3,5,11H2,(H,12,13,14). The maximum Gasteiger partial charge on any atom is 0.224 e. The Labute approximate surface area is 108 Å². The van der Waals surface area contributed by atoms with E-state index >= 15 is 0 Å². The van der Waals surface area contributed by atoms with Crippen LogP contribution in [0.1, 0.15) is 0 Å². The highest BCUT2D eigenvalue weighted by molar-refractivity contribution is 8.06. The third-order valence-electron chi connectivity index (χ3n) is 2.17. The van der Waals surface area contributed by atoms with Gasteiger partial charge in [0, 0.05) is 29.1 Å². The van der Waals surface area contributed by atoms with Crippen molar-refractivity contribution in [2.75, 3.05) is 34.9 Å². The Morgan fingerprint density at radius 1 is 1.56 bits per heavy atom. The molecule has 1 fully saturated rings.